The number of anilines is 1. The predicted molar refractivity (Wildman–Crippen MR) is 69.7 cm³/mol. The van der Waals surface area contributed by atoms with Crippen molar-refractivity contribution >= 4 is 5.69 Å². The fraction of sp³-hybridized carbons (Fsp3) is 0.571. The van der Waals surface area contributed by atoms with Gasteiger partial charge in [-0.15, -0.1) is 0 Å². The average molecular weight is 250 g/mol. The molecule has 2 aliphatic heterocycles. The Labute approximate surface area is 107 Å². The number of hydrogen-bond donors (Lipinski definition) is 1. The molecule has 2 saturated heterocycles. The lowest BCUT2D eigenvalue weighted by atomic mass is 9.96. The predicted octanol–water partition coefficient (Wildman–Crippen LogP) is 2.17. The third-order valence-corrected chi connectivity index (χ3v) is 4.08. The number of hydrogen-bond acceptors (Lipinski definition) is 3. The molecule has 0 radical (unpaired) electrons. The molecule has 0 saturated carbocycles. The summed E-state index contributed by atoms with van der Waals surface area (Å²) >= 11 is 0. The molecule has 0 aromatic heterocycles. The van der Waals surface area contributed by atoms with Crippen molar-refractivity contribution in [1.82, 2.24) is 5.32 Å². The van der Waals surface area contributed by atoms with Crippen LogP contribution in [0, 0.1) is 5.82 Å². The van der Waals surface area contributed by atoms with Crippen molar-refractivity contribution in [3.05, 3.63) is 24.0 Å². The second kappa shape index (κ2) is 4.76. The molecular weight excluding hydrogens is 231 g/mol. The van der Waals surface area contributed by atoms with Crippen LogP contribution in [0.15, 0.2) is 18.2 Å². The van der Waals surface area contributed by atoms with E-state index in [1.165, 1.54) is 12.5 Å². The van der Waals surface area contributed by atoms with Crippen molar-refractivity contribution in [2.75, 3.05) is 25.1 Å². The summed E-state index contributed by atoms with van der Waals surface area (Å²) < 4.78 is 18.9. The van der Waals surface area contributed by atoms with Gasteiger partial charge in [0.2, 0.25) is 0 Å². The Morgan fingerprint density at radius 3 is 3.11 bits per heavy atom. The summed E-state index contributed by atoms with van der Waals surface area (Å²) in [5, 5.41) is 3.53. The number of fused-ring (bicyclic) bond motifs is 1. The van der Waals surface area contributed by atoms with Crippen molar-refractivity contribution in [2.24, 2.45) is 0 Å². The van der Waals surface area contributed by atoms with Crippen LogP contribution in [0.25, 0.3) is 0 Å². The molecule has 2 fully saturated rings. The number of rotatable bonds is 2. The summed E-state index contributed by atoms with van der Waals surface area (Å²) in [6, 6.07) is 5.80. The van der Waals surface area contributed by atoms with Crippen LogP contribution in [0.2, 0.25) is 0 Å². The van der Waals surface area contributed by atoms with E-state index in [9.17, 15) is 4.39 Å². The Bertz CT molecular complexity index is 438. The smallest absolute Gasteiger partial charge is 0.142 e. The Morgan fingerprint density at radius 2 is 2.28 bits per heavy atom. The van der Waals surface area contributed by atoms with E-state index in [0.717, 1.165) is 37.4 Å². The van der Waals surface area contributed by atoms with Gasteiger partial charge in [-0.1, -0.05) is 0 Å². The fourth-order valence-corrected chi connectivity index (χ4v) is 3.26. The zero-order valence-corrected chi connectivity index (χ0v) is 10.7. The molecule has 3 nitrogen and oxygen atoms in total. The molecule has 0 aliphatic carbocycles. The van der Waals surface area contributed by atoms with E-state index >= 15 is 0 Å². The SMILES string of the molecule is COc1ccc(F)cc1N1CCCC2NCCC21. The number of nitrogens with zero attached hydrogens (tertiary/aromatic N) is 1. The van der Waals surface area contributed by atoms with Gasteiger partial charge < -0.3 is 15.0 Å². The summed E-state index contributed by atoms with van der Waals surface area (Å²) in [5.41, 5.74) is 0.899. The van der Waals surface area contributed by atoms with E-state index in [1.54, 1.807) is 19.2 Å². The van der Waals surface area contributed by atoms with Gasteiger partial charge in [-0.25, -0.2) is 4.39 Å². The van der Waals surface area contributed by atoms with Gasteiger partial charge in [0.05, 0.1) is 12.8 Å². The minimum Gasteiger partial charge on any atom is -0.495 e. The van der Waals surface area contributed by atoms with Gasteiger partial charge in [0.15, 0.2) is 0 Å². The zero-order chi connectivity index (χ0) is 12.5. The number of piperidine rings is 1. The summed E-state index contributed by atoms with van der Waals surface area (Å²) in [7, 11) is 1.64. The molecule has 4 heteroatoms. The lowest BCUT2D eigenvalue weighted by Gasteiger charge is -2.39. The molecule has 0 bridgehead atoms. The summed E-state index contributed by atoms with van der Waals surface area (Å²) in [5.74, 6) is 0.572. The fourth-order valence-electron chi connectivity index (χ4n) is 3.26. The summed E-state index contributed by atoms with van der Waals surface area (Å²) in [6.45, 7) is 2.05. The van der Waals surface area contributed by atoms with Gasteiger partial charge in [-0.05, 0) is 37.9 Å². The molecule has 1 aromatic carbocycles. The summed E-state index contributed by atoms with van der Waals surface area (Å²) in [4.78, 5) is 2.32. The van der Waals surface area contributed by atoms with Crippen LogP contribution < -0.4 is 15.0 Å². The van der Waals surface area contributed by atoms with E-state index in [1.807, 2.05) is 0 Å². The quantitative estimate of drug-likeness (QED) is 0.870. The number of ether oxygens (including phenoxy) is 1. The molecule has 2 unspecified atom stereocenters. The number of halogens is 1. The van der Waals surface area contributed by atoms with Gasteiger partial charge in [0.1, 0.15) is 11.6 Å². The first-order valence-electron chi connectivity index (χ1n) is 6.63. The van der Waals surface area contributed by atoms with Crippen LogP contribution in [-0.4, -0.2) is 32.3 Å². The second-order valence-corrected chi connectivity index (χ2v) is 5.07. The minimum atomic E-state index is -0.195. The lowest BCUT2D eigenvalue weighted by molar-refractivity contribution is 0.390. The first-order valence-corrected chi connectivity index (χ1v) is 6.63. The number of nitrogens with one attached hydrogen (secondary N) is 1. The van der Waals surface area contributed by atoms with Crippen LogP contribution in [0.3, 0.4) is 0 Å². The third-order valence-electron chi connectivity index (χ3n) is 4.08. The van der Waals surface area contributed by atoms with Crippen LogP contribution in [0.1, 0.15) is 19.3 Å². The molecule has 1 N–H and O–H groups in total. The minimum absolute atomic E-state index is 0.195. The van der Waals surface area contributed by atoms with E-state index in [-0.39, 0.29) is 5.82 Å². The Hall–Kier alpha value is -1.29. The Morgan fingerprint density at radius 1 is 1.39 bits per heavy atom. The molecule has 0 spiro atoms. The van der Waals surface area contributed by atoms with Crippen molar-refractivity contribution in [3.8, 4) is 5.75 Å². The third kappa shape index (κ3) is 1.94. The van der Waals surface area contributed by atoms with E-state index in [0.29, 0.717) is 12.1 Å². The largest absolute Gasteiger partial charge is 0.495 e. The van der Waals surface area contributed by atoms with Gasteiger partial charge in [-0.2, -0.15) is 0 Å². The van der Waals surface area contributed by atoms with E-state index < -0.39 is 0 Å². The van der Waals surface area contributed by atoms with Crippen LogP contribution in [-0.2, 0) is 0 Å². The Kier molecular flexibility index (Phi) is 3.12. The van der Waals surface area contributed by atoms with E-state index in [2.05, 4.69) is 10.2 Å². The molecule has 2 atom stereocenters. The van der Waals surface area contributed by atoms with Gasteiger partial charge in [-0.3, -0.25) is 0 Å². The van der Waals surface area contributed by atoms with Crippen LogP contribution in [0.5, 0.6) is 5.75 Å². The molecule has 1 aromatic rings. The highest BCUT2D eigenvalue weighted by Gasteiger charge is 2.35. The van der Waals surface area contributed by atoms with Crippen LogP contribution in [0.4, 0.5) is 10.1 Å². The standard InChI is InChI=1S/C14H19FN2O/c1-18-14-5-4-10(15)9-13(14)17-8-2-3-11-12(17)6-7-16-11/h4-5,9,11-12,16H,2-3,6-8H2,1H3. The highest BCUT2D eigenvalue weighted by Crippen LogP contribution is 2.35. The molecule has 3 rings (SSSR count). The highest BCUT2D eigenvalue weighted by atomic mass is 19.1. The highest BCUT2D eigenvalue weighted by molar-refractivity contribution is 5.60. The van der Waals surface area contributed by atoms with Crippen molar-refractivity contribution < 1.29 is 9.13 Å². The first kappa shape index (κ1) is 11.8. The molecule has 18 heavy (non-hydrogen) atoms. The molecule has 0 amide bonds. The number of benzene rings is 1. The van der Waals surface area contributed by atoms with Crippen molar-refractivity contribution in [3.63, 3.8) is 0 Å². The maximum Gasteiger partial charge on any atom is 0.142 e. The Balaban J connectivity index is 1.95. The van der Waals surface area contributed by atoms with Crippen molar-refractivity contribution in [1.29, 1.82) is 0 Å². The zero-order valence-electron chi connectivity index (χ0n) is 10.7. The van der Waals surface area contributed by atoms with Gasteiger partial charge in [0, 0.05) is 24.7 Å². The van der Waals surface area contributed by atoms with Crippen molar-refractivity contribution in [2.45, 2.75) is 31.3 Å². The monoisotopic (exact) mass is 250 g/mol. The van der Waals surface area contributed by atoms with Gasteiger partial charge in [0.25, 0.3) is 0 Å². The topological polar surface area (TPSA) is 24.5 Å². The maximum atomic E-state index is 13.5. The molecule has 2 aliphatic rings. The number of methoxy groups -OCH3 is 1. The lowest BCUT2D eigenvalue weighted by Crippen LogP contribution is -2.48. The molecule has 98 valence electrons. The average Bonchev–Trinajstić information content (AvgIpc) is 2.86. The maximum absolute atomic E-state index is 13.5. The first-order chi connectivity index (χ1) is 8.79. The summed E-state index contributed by atoms with van der Waals surface area (Å²) in [6.07, 6.45) is 3.50. The van der Waals surface area contributed by atoms with Gasteiger partial charge >= 0.3 is 0 Å². The second-order valence-electron chi connectivity index (χ2n) is 5.07. The van der Waals surface area contributed by atoms with Crippen LogP contribution >= 0.6 is 0 Å². The normalized spacial score (nSPS) is 27.1. The molecular formula is C14H19FN2O. The molecule has 2 heterocycles. The van der Waals surface area contributed by atoms with E-state index in [4.69, 9.17) is 4.74 Å².